The maximum atomic E-state index is 10.7. The van der Waals surface area contributed by atoms with E-state index < -0.39 is 5.91 Å². The summed E-state index contributed by atoms with van der Waals surface area (Å²) in [6, 6.07) is 8.30. The van der Waals surface area contributed by atoms with Gasteiger partial charge in [0.25, 0.3) is 5.91 Å². The number of ether oxygens (including phenoxy) is 1. The average molecular weight is 277 g/mol. The van der Waals surface area contributed by atoms with Crippen LogP contribution in [0.4, 0.5) is 0 Å². The van der Waals surface area contributed by atoms with Gasteiger partial charge in [-0.15, -0.1) is 0 Å². The second-order valence-corrected chi connectivity index (χ2v) is 5.25. The molecule has 4 N–H and O–H groups in total. The molecular weight excluding hydrogens is 254 g/mol. The molecule has 0 aromatic heterocycles. The van der Waals surface area contributed by atoms with Crippen molar-refractivity contribution in [1.82, 2.24) is 4.90 Å². The van der Waals surface area contributed by atoms with Crippen LogP contribution in [0.1, 0.15) is 24.8 Å². The Bertz CT molecular complexity index is 433. The molecule has 1 unspecified atom stereocenters. The van der Waals surface area contributed by atoms with Crippen molar-refractivity contribution in [3.05, 3.63) is 29.8 Å². The second-order valence-electron chi connectivity index (χ2n) is 5.25. The summed E-state index contributed by atoms with van der Waals surface area (Å²) >= 11 is 0. The van der Waals surface area contributed by atoms with Crippen molar-refractivity contribution in [2.75, 3.05) is 19.7 Å². The van der Waals surface area contributed by atoms with Crippen LogP contribution in [0.15, 0.2) is 24.3 Å². The number of amides is 1. The molecule has 1 fully saturated rings. The van der Waals surface area contributed by atoms with Crippen LogP contribution in [-0.4, -0.2) is 36.5 Å². The van der Waals surface area contributed by atoms with Crippen LogP contribution >= 0.6 is 0 Å². The van der Waals surface area contributed by atoms with E-state index in [-0.39, 0.29) is 6.61 Å². The van der Waals surface area contributed by atoms with Gasteiger partial charge in [-0.2, -0.15) is 0 Å². The van der Waals surface area contributed by atoms with Crippen LogP contribution in [-0.2, 0) is 11.3 Å². The number of benzene rings is 1. The molecule has 0 bridgehead atoms. The van der Waals surface area contributed by atoms with Gasteiger partial charge in [-0.1, -0.05) is 18.6 Å². The van der Waals surface area contributed by atoms with E-state index in [1.807, 2.05) is 24.3 Å². The van der Waals surface area contributed by atoms with Crippen LogP contribution in [0.5, 0.6) is 5.75 Å². The zero-order chi connectivity index (χ0) is 14.4. The van der Waals surface area contributed by atoms with E-state index in [0.29, 0.717) is 11.8 Å². The Balaban J connectivity index is 1.90. The fourth-order valence-electron chi connectivity index (χ4n) is 2.62. The molecule has 1 saturated heterocycles. The Morgan fingerprint density at radius 1 is 1.30 bits per heavy atom. The molecule has 20 heavy (non-hydrogen) atoms. The van der Waals surface area contributed by atoms with Gasteiger partial charge in [-0.3, -0.25) is 9.69 Å². The minimum atomic E-state index is -0.465. The highest BCUT2D eigenvalue weighted by molar-refractivity contribution is 5.75. The maximum Gasteiger partial charge on any atom is 0.255 e. The lowest BCUT2D eigenvalue weighted by Gasteiger charge is -2.35. The van der Waals surface area contributed by atoms with Crippen LogP contribution in [0.25, 0.3) is 0 Å². The van der Waals surface area contributed by atoms with E-state index >= 15 is 0 Å². The van der Waals surface area contributed by atoms with Gasteiger partial charge in [-0.05, 0) is 37.1 Å². The number of nitrogens with two attached hydrogens (primary N) is 2. The molecular formula is C15H23N3O2. The van der Waals surface area contributed by atoms with Crippen LogP contribution in [0.2, 0.25) is 0 Å². The molecule has 1 atom stereocenters. The third kappa shape index (κ3) is 4.21. The molecule has 0 spiro atoms. The summed E-state index contributed by atoms with van der Waals surface area (Å²) in [6.45, 7) is 2.67. The van der Waals surface area contributed by atoms with E-state index in [1.165, 1.54) is 24.8 Å². The van der Waals surface area contributed by atoms with E-state index in [1.54, 1.807) is 0 Å². The lowest BCUT2D eigenvalue weighted by Crippen LogP contribution is -2.43. The van der Waals surface area contributed by atoms with Gasteiger partial charge >= 0.3 is 0 Å². The maximum absolute atomic E-state index is 10.7. The van der Waals surface area contributed by atoms with Gasteiger partial charge in [0.1, 0.15) is 5.75 Å². The second kappa shape index (κ2) is 7.26. The highest BCUT2D eigenvalue weighted by atomic mass is 16.5. The zero-order valence-electron chi connectivity index (χ0n) is 11.8. The first-order chi connectivity index (χ1) is 9.69. The van der Waals surface area contributed by atoms with Gasteiger partial charge in [-0.25, -0.2) is 0 Å². The predicted octanol–water partition coefficient (Wildman–Crippen LogP) is 0.864. The minimum Gasteiger partial charge on any atom is -0.484 e. The number of primary amides is 1. The summed E-state index contributed by atoms with van der Waals surface area (Å²) in [5, 5.41) is 0. The molecule has 0 radical (unpaired) electrons. The number of carbonyl (C=O) groups is 1. The first-order valence-electron chi connectivity index (χ1n) is 7.13. The molecule has 110 valence electrons. The zero-order valence-corrected chi connectivity index (χ0v) is 11.8. The van der Waals surface area contributed by atoms with E-state index in [0.717, 1.165) is 19.6 Å². The van der Waals surface area contributed by atoms with E-state index in [4.69, 9.17) is 16.2 Å². The monoisotopic (exact) mass is 277 g/mol. The van der Waals surface area contributed by atoms with Gasteiger partial charge in [0, 0.05) is 19.1 Å². The number of likely N-dealkylation sites (tertiary alicyclic amines) is 1. The predicted molar refractivity (Wildman–Crippen MR) is 78.2 cm³/mol. The normalized spacial score (nSPS) is 19.8. The smallest absolute Gasteiger partial charge is 0.255 e. The molecule has 1 amide bonds. The summed E-state index contributed by atoms with van der Waals surface area (Å²) < 4.78 is 5.25. The Morgan fingerprint density at radius 2 is 2.05 bits per heavy atom. The van der Waals surface area contributed by atoms with Crippen molar-refractivity contribution in [2.24, 2.45) is 11.5 Å². The van der Waals surface area contributed by atoms with Crippen molar-refractivity contribution in [1.29, 1.82) is 0 Å². The molecule has 5 nitrogen and oxygen atoms in total. The molecule has 1 heterocycles. The Hall–Kier alpha value is -1.59. The van der Waals surface area contributed by atoms with Crippen LogP contribution in [0, 0.1) is 0 Å². The SMILES string of the molecule is NCC1CCCCN1Cc1ccc(OCC(N)=O)cc1. The summed E-state index contributed by atoms with van der Waals surface area (Å²) in [5.41, 5.74) is 12.1. The van der Waals surface area contributed by atoms with Gasteiger partial charge in [0.15, 0.2) is 6.61 Å². The standard InChI is InChI=1S/C15H23N3O2/c16-9-13-3-1-2-8-18(13)10-12-4-6-14(7-5-12)20-11-15(17)19/h4-7,13H,1-3,8-11,16H2,(H2,17,19). The average Bonchev–Trinajstić information content (AvgIpc) is 2.47. The molecule has 0 aliphatic carbocycles. The Morgan fingerprint density at radius 3 is 2.70 bits per heavy atom. The van der Waals surface area contributed by atoms with E-state index in [2.05, 4.69) is 4.90 Å². The van der Waals surface area contributed by atoms with Crippen molar-refractivity contribution in [3.8, 4) is 5.75 Å². The Kier molecular flexibility index (Phi) is 5.38. The van der Waals surface area contributed by atoms with Gasteiger partial charge in [0.05, 0.1) is 0 Å². The van der Waals surface area contributed by atoms with Crippen molar-refractivity contribution in [3.63, 3.8) is 0 Å². The molecule has 0 saturated carbocycles. The molecule has 5 heteroatoms. The first kappa shape index (κ1) is 14.8. The summed E-state index contributed by atoms with van der Waals surface area (Å²) in [5.74, 6) is 0.203. The third-order valence-corrected chi connectivity index (χ3v) is 3.71. The lowest BCUT2D eigenvalue weighted by atomic mass is 10.0. The summed E-state index contributed by atoms with van der Waals surface area (Å²) in [7, 11) is 0. The third-order valence-electron chi connectivity index (χ3n) is 3.71. The largest absolute Gasteiger partial charge is 0.484 e. The van der Waals surface area contributed by atoms with Crippen molar-refractivity contribution < 1.29 is 9.53 Å². The topological polar surface area (TPSA) is 81.6 Å². The van der Waals surface area contributed by atoms with Crippen molar-refractivity contribution >= 4 is 5.91 Å². The number of carbonyl (C=O) groups excluding carboxylic acids is 1. The molecule has 2 rings (SSSR count). The number of hydrogen-bond acceptors (Lipinski definition) is 4. The van der Waals surface area contributed by atoms with Crippen LogP contribution < -0.4 is 16.2 Å². The number of nitrogens with zero attached hydrogens (tertiary/aromatic N) is 1. The number of piperidine rings is 1. The quantitative estimate of drug-likeness (QED) is 0.808. The summed E-state index contributed by atoms with van der Waals surface area (Å²) in [6.07, 6.45) is 3.71. The Labute approximate surface area is 119 Å². The number of hydrogen-bond donors (Lipinski definition) is 2. The molecule has 1 aliphatic heterocycles. The lowest BCUT2D eigenvalue weighted by molar-refractivity contribution is -0.119. The molecule has 1 aliphatic rings. The molecule has 1 aromatic rings. The number of rotatable bonds is 6. The fourth-order valence-corrected chi connectivity index (χ4v) is 2.62. The summed E-state index contributed by atoms with van der Waals surface area (Å²) in [4.78, 5) is 13.1. The van der Waals surface area contributed by atoms with Crippen molar-refractivity contribution in [2.45, 2.75) is 31.8 Å². The molecule has 1 aromatic carbocycles. The minimum absolute atomic E-state index is 0.0826. The highest BCUT2D eigenvalue weighted by Gasteiger charge is 2.20. The highest BCUT2D eigenvalue weighted by Crippen LogP contribution is 2.20. The fraction of sp³-hybridized carbons (Fsp3) is 0.533. The van der Waals surface area contributed by atoms with Crippen LogP contribution in [0.3, 0.4) is 0 Å². The van der Waals surface area contributed by atoms with Gasteiger partial charge in [0.2, 0.25) is 0 Å². The van der Waals surface area contributed by atoms with Gasteiger partial charge < -0.3 is 16.2 Å². The first-order valence-corrected chi connectivity index (χ1v) is 7.13. The van der Waals surface area contributed by atoms with E-state index in [9.17, 15) is 4.79 Å².